The third kappa shape index (κ3) is 5.08. The number of benzene rings is 1. The molecule has 0 bridgehead atoms. The molecule has 0 radical (unpaired) electrons. The van der Waals surface area contributed by atoms with E-state index in [0.29, 0.717) is 6.04 Å². The molecule has 1 heterocycles. The van der Waals surface area contributed by atoms with Gasteiger partial charge in [-0.2, -0.15) is 0 Å². The number of hydrogen-bond acceptors (Lipinski definition) is 4. The Morgan fingerprint density at radius 3 is 2.72 bits per heavy atom. The van der Waals surface area contributed by atoms with Crippen molar-refractivity contribution in [2.24, 2.45) is 5.92 Å². The monoisotopic (exact) mass is 374 g/mol. The molecule has 1 saturated carbocycles. The van der Waals surface area contributed by atoms with E-state index >= 15 is 0 Å². The second-order valence-corrected chi connectivity index (χ2v) is 8.82. The van der Waals surface area contributed by atoms with Crippen molar-refractivity contribution in [3.05, 3.63) is 45.9 Å². The number of nitrogens with zero attached hydrogens (tertiary/aromatic N) is 1. The predicted octanol–water partition coefficient (Wildman–Crippen LogP) is 5.44. The first kappa shape index (κ1) is 18.5. The summed E-state index contributed by atoms with van der Waals surface area (Å²) >= 11 is 3.36. The number of carbonyl (C=O) groups is 1. The van der Waals surface area contributed by atoms with Crippen LogP contribution < -0.4 is 5.32 Å². The van der Waals surface area contributed by atoms with Crippen LogP contribution in [0.4, 0.5) is 0 Å². The van der Waals surface area contributed by atoms with E-state index < -0.39 is 0 Å². The average molecular weight is 375 g/mol. The van der Waals surface area contributed by atoms with Crippen LogP contribution in [0.1, 0.15) is 60.1 Å². The molecule has 1 N–H and O–H groups in total. The summed E-state index contributed by atoms with van der Waals surface area (Å²) in [6.07, 6.45) is 5.95. The van der Waals surface area contributed by atoms with E-state index in [2.05, 4.69) is 22.6 Å². The van der Waals surface area contributed by atoms with E-state index in [1.165, 1.54) is 19.3 Å². The summed E-state index contributed by atoms with van der Waals surface area (Å²) in [5.74, 6) is 1.71. The van der Waals surface area contributed by atoms with Crippen molar-refractivity contribution >= 4 is 29.0 Å². The fraction of sp³-hybridized carbons (Fsp3) is 0.500. The minimum absolute atomic E-state index is 0.0671. The average Bonchev–Trinajstić information content (AvgIpc) is 3.06. The molecule has 0 saturated heterocycles. The minimum atomic E-state index is 0.0671. The number of thioether (sulfide) groups is 1. The summed E-state index contributed by atoms with van der Waals surface area (Å²) in [5, 5.41) is 6.44. The molecule has 1 aromatic heterocycles. The zero-order valence-corrected chi connectivity index (χ0v) is 16.6. The van der Waals surface area contributed by atoms with Gasteiger partial charge in [-0.1, -0.05) is 25.5 Å². The van der Waals surface area contributed by atoms with E-state index in [-0.39, 0.29) is 5.91 Å². The Balaban J connectivity index is 1.60. The molecule has 1 aliphatic rings. The quantitative estimate of drug-likeness (QED) is 0.684. The fourth-order valence-corrected chi connectivity index (χ4v) is 5.04. The largest absolute Gasteiger partial charge is 0.349 e. The van der Waals surface area contributed by atoms with Crippen LogP contribution in [0.2, 0.25) is 0 Å². The van der Waals surface area contributed by atoms with Crippen LogP contribution in [0.3, 0.4) is 0 Å². The highest BCUT2D eigenvalue weighted by Gasteiger charge is 2.22. The van der Waals surface area contributed by atoms with Crippen molar-refractivity contribution in [2.75, 3.05) is 0 Å². The van der Waals surface area contributed by atoms with Crippen molar-refractivity contribution in [3.63, 3.8) is 0 Å². The van der Waals surface area contributed by atoms with Gasteiger partial charge in [-0.05, 0) is 50.7 Å². The molecule has 1 aromatic carbocycles. The van der Waals surface area contributed by atoms with Crippen LogP contribution >= 0.6 is 23.1 Å². The molecule has 25 heavy (non-hydrogen) atoms. The summed E-state index contributed by atoms with van der Waals surface area (Å²) in [7, 11) is 0. The summed E-state index contributed by atoms with van der Waals surface area (Å²) in [6.45, 7) is 4.29. The molecule has 0 atom stereocenters. The van der Waals surface area contributed by atoms with Gasteiger partial charge in [0.2, 0.25) is 0 Å². The molecule has 0 spiro atoms. The highest BCUT2D eigenvalue weighted by molar-refractivity contribution is 7.98. The number of nitrogens with one attached hydrogen (secondary N) is 1. The first-order valence-electron chi connectivity index (χ1n) is 9.09. The Kier molecular flexibility index (Phi) is 6.54. The summed E-state index contributed by atoms with van der Waals surface area (Å²) < 4.78 is 0. The molecular weight excluding hydrogens is 348 g/mol. The number of amides is 1. The van der Waals surface area contributed by atoms with Crippen molar-refractivity contribution in [3.8, 4) is 0 Å². The van der Waals surface area contributed by atoms with Gasteiger partial charge in [0.05, 0.1) is 16.3 Å². The van der Waals surface area contributed by atoms with E-state index in [1.54, 1.807) is 23.1 Å². The lowest BCUT2D eigenvalue weighted by Crippen LogP contribution is -2.37. The van der Waals surface area contributed by atoms with E-state index in [9.17, 15) is 4.79 Å². The molecule has 1 fully saturated rings. The SMILES string of the molecule is CCC1CCC(NC(=O)c2ccccc2SCc2csc(C)n2)CC1. The van der Waals surface area contributed by atoms with Crippen LogP contribution in [0, 0.1) is 12.8 Å². The maximum atomic E-state index is 12.8. The number of aromatic nitrogens is 1. The maximum Gasteiger partial charge on any atom is 0.252 e. The number of carbonyl (C=O) groups excluding carboxylic acids is 1. The zero-order valence-electron chi connectivity index (χ0n) is 15.0. The van der Waals surface area contributed by atoms with Gasteiger partial charge in [-0.3, -0.25) is 4.79 Å². The van der Waals surface area contributed by atoms with Gasteiger partial charge >= 0.3 is 0 Å². The highest BCUT2D eigenvalue weighted by atomic mass is 32.2. The lowest BCUT2D eigenvalue weighted by Gasteiger charge is -2.28. The van der Waals surface area contributed by atoms with E-state index in [4.69, 9.17) is 0 Å². The second-order valence-electron chi connectivity index (χ2n) is 6.74. The third-order valence-electron chi connectivity index (χ3n) is 4.93. The molecule has 0 unspecified atom stereocenters. The van der Waals surface area contributed by atoms with Gasteiger partial charge in [0.25, 0.3) is 5.91 Å². The van der Waals surface area contributed by atoms with Crippen molar-refractivity contribution in [2.45, 2.75) is 62.6 Å². The molecule has 5 heteroatoms. The molecule has 0 aliphatic heterocycles. The molecule has 1 aliphatic carbocycles. The van der Waals surface area contributed by atoms with E-state index in [1.807, 2.05) is 31.2 Å². The molecule has 2 aromatic rings. The number of hydrogen-bond donors (Lipinski definition) is 1. The Morgan fingerprint density at radius 1 is 1.28 bits per heavy atom. The van der Waals surface area contributed by atoms with Crippen molar-refractivity contribution in [1.29, 1.82) is 0 Å². The predicted molar refractivity (Wildman–Crippen MR) is 106 cm³/mol. The highest BCUT2D eigenvalue weighted by Crippen LogP contribution is 2.29. The summed E-state index contributed by atoms with van der Waals surface area (Å²) in [6, 6.07) is 8.24. The standard InChI is InChI=1S/C20H26N2OS2/c1-3-15-8-10-16(11-9-15)22-20(23)18-6-4-5-7-19(18)25-13-17-12-24-14(2)21-17/h4-7,12,15-16H,3,8-11,13H2,1-2H3,(H,22,23). The van der Waals surface area contributed by atoms with Gasteiger partial charge in [-0.15, -0.1) is 23.1 Å². The smallest absolute Gasteiger partial charge is 0.252 e. The van der Waals surface area contributed by atoms with Gasteiger partial charge in [0, 0.05) is 22.1 Å². The van der Waals surface area contributed by atoms with Gasteiger partial charge in [0.1, 0.15) is 0 Å². The van der Waals surface area contributed by atoms with Crippen molar-refractivity contribution in [1.82, 2.24) is 10.3 Å². The van der Waals surface area contributed by atoms with Crippen LogP contribution in [-0.4, -0.2) is 16.9 Å². The molecule has 3 nitrogen and oxygen atoms in total. The number of rotatable bonds is 6. The minimum Gasteiger partial charge on any atom is -0.349 e. The lowest BCUT2D eigenvalue weighted by molar-refractivity contribution is 0.0918. The van der Waals surface area contributed by atoms with Crippen LogP contribution in [0.15, 0.2) is 34.5 Å². The number of thiazole rings is 1. The topological polar surface area (TPSA) is 42.0 Å². The van der Waals surface area contributed by atoms with Gasteiger partial charge in [0.15, 0.2) is 0 Å². The lowest BCUT2D eigenvalue weighted by atomic mass is 9.84. The first-order valence-corrected chi connectivity index (χ1v) is 11.0. The maximum absolute atomic E-state index is 12.8. The fourth-order valence-electron chi connectivity index (χ4n) is 3.38. The third-order valence-corrected chi connectivity index (χ3v) is 6.86. The Hall–Kier alpha value is -1.33. The van der Waals surface area contributed by atoms with Gasteiger partial charge in [-0.25, -0.2) is 4.98 Å². The molecule has 134 valence electrons. The Bertz CT molecular complexity index is 705. The van der Waals surface area contributed by atoms with Gasteiger partial charge < -0.3 is 5.32 Å². The first-order chi connectivity index (χ1) is 12.2. The second kappa shape index (κ2) is 8.86. The van der Waals surface area contributed by atoms with E-state index in [0.717, 1.165) is 45.7 Å². The van der Waals surface area contributed by atoms with Crippen LogP contribution in [-0.2, 0) is 5.75 Å². The normalized spacial score (nSPS) is 20.4. The zero-order chi connectivity index (χ0) is 17.6. The van der Waals surface area contributed by atoms with Crippen LogP contribution in [0.25, 0.3) is 0 Å². The Morgan fingerprint density at radius 2 is 2.04 bits per heavy atom. The Labute approximate surface area is 158 Å². The van der Waals surface area contributed by atoms with Crippen molar-refractivity contribution < 1.29 is 4.79 Å². The summed E-state index contributed by atoms with van der Waals surface area (Å²) in [5.41, 5.74) is 1.87. The summed E-state index contributed by atoms with van der Waals surface area (Å²) in [4.78, 5) is 18.3. The molecule has 3 rings (SSSR count). The molecule has 1 amide bonds. The molecular formula is C20H26N2OS2. The number of aryl methyl sites for hydroxylation is 1. The van der Waals surface area contributed by atoms with Crippen LogP contribution in [0.5, 0.6) is 0 Å².